The first-order valence-corrected chi connectivity index (χ1v) is 5.95. The second-order valence-electron chi connectivity index (χ2n) is 3.84. The highest BCUT2D eigenvalue weighted by molar-refractivity contribution is 7.81. The number of allylic oxidation sites excluding steroid dienone is 1. The maximum absolute atomic E-state index is 8.80. The van der Waals surface area contributed by atoms with Gasteiger partial charge in [0.05, 0.1) is 0 Å². The molecule has 2 atom stereocenters. The summed E-state index contributed by atoms with van der Waals surface area (Å²) >= 11 is 4.60. The predicted molar refractivity (Wildman–Crippen MR) is 63.9 cm³/mol. The quantitative estimate of drug-likeness (QED) is 0.539. The Bertz CT molecular complexity index is 184. The molecule has 2 nitrogen and oxygen atoms in total. The van der Waals surface area contributed by atoms with E-state index < -0.39 is 0 Å². The molecule has 1 aliphatic heterocycles. The minimum atomic E-state index is 0.296. The first-order chi connectivity index (χ1) is 6.79. The molecule has 2 unspecified atom stereocenters. The average molecular weight is 215 g/mol. The van der Waals surface area contributed by atoms with Crippen LogP contribution in [-0.4, -0.2) is 41.0 Å². The van der Waals surface area contributed by atoms with Crippen molar-refractivity contribution < 1.29 is 5.11 Å². The smallest absolute Gasteiger partial charge is 0.0443 e. The van der Waals surface area contributed by atoms with Gasteiger partial charge in [0, 0.05) is 24.4 Å². The van der Waals surface area contributed by atoms with E-state index in [1.165, 1.54) is 6.42 Å². The largest absolute Gasteiger partial charge is 0.396 e. The molecule has 3 heteroatoms. The molecule has 0 aromatic rings. The van der Waals surface area contributed by atoms with E-state index in [9.17, 15) is 0 Å². The molecule has 0 saturated carbocycles. The summed E-state index contributed by atoms with van der Waals surface area (Å²) in [6.45, 7) is 4.50. The Kier molecular flexibility index (Phi) is 5.60. The van der Waals surface area contributed by atoms with Crippen LogP contribution >= 0.6 is 12.6 Å². The van der Waals surface area contributed by atoms with Gasteiger partial charge in [-0.05, 0) is 32.7 Å². The van der Waals surface area contributed by atoms with Crippen molar-refractivity contribution in [2.45, 2.75) is 37.5 Å². The number of hydrogen-bond acceptors (Lipinski definition) is 3. The summed E-state index contributed by atoms with van der Waals surface area (Å²) in [5.74, 6) is 0. The molecule has 1 rings (SSSR count). The number of thiol groups is 1. The molecule has 0 aromatic carbocycles. The van der Waals surface area contributed by atoms with E-state index >= 15 is 0 Å². The molecular weight excluding hydrogens is 194 g/mol. The Hall–Kier alpha value is 0.01000. The zero-order valence-corrected chi connectivity index (χ0v) is 9.79. The van der Waals surface area contributed by atoms with Crippen molar-refractivity contribution >= 4 is 12.6 Å². The first kappa shape index (κ1) is 12.1. The van der Waals surface area contributed by atoms with Crippen LogP contribution in [-0.2, 0) is 0 Å². The minimum Gasteiger partial charge on any atom is -0.396 e. The van der Waals surface area contributed by atoms with Crippen LogP contribution in [0.25, 0.3) is 0 Å². The van der Waals surface area contributed by atoms with Gasteiger partial charge in [0.25, 0.3) is 0 Å². The van der Waals surface area contributed by atoms with Crippen LogP contribution in [0.3, 0.4) is 0 Å². The Balaban J connectivity index is 2.40. The van der Waals surface area contributed by atoms with Gasteiger partial charge in [0.15, 0.2) is 0 Å². The predicted octanol–water partition coefficient (Wildman–Crippen LogP) is 1.71. The topological polar surface area (TPSA) is 23.5 Å². The third-order valence-electron chi connectivity index (χ3n) is 2.84. The van der Waals surface area contributed by atoms with E-state index in [2.05, 4.69) is 36.6 Å². The summed E-state index contributed by atoms with van der Waals surface area (Å²) < 4.78 is 0. The second-order valence-corrected chi connectivity index (χ2v) is 4.50. The number of hydrogen-bond donors (Lipinski definition) is 2. The van der Waals surface area contributed by atoms with Gasteiger partial charge in [0.1, 0.15) is 0 Å². The van der Waals surface area contributed by atoms with E-state index in [0.29, 0.717) is 17.9 Å². The van der Waals surface area contributed by atoms with Crippen LogP contribution in [0, 0.1) is 0 Å². The lowest BCUT2D eigenvalue weighted by atomic mass is 10.1. The van der Waals surface area contributed by atoms with Crippen LogP contribution in [0.4, 0.5) is 0 Å². The van der Waals surface area contributed by atoms with E-state index in [1.54, 1.807) is 0 Å². The number of rotatable bonds is 5. The molecule has 14 heavy (non-hydrogen) atoms. The number of aliphatic hydroxyl groups excluding tert-OH is 1. The summed E-state index contributed by atoms with van der Waals surface area (Å²) in [4.78, 5) is 2.45. The highest BCUT2D eigenvalue weighted by Gasteiger charge is 2.29. The number of likely N-dealkylation sites (tertiary alicyclic amines) is 1. The summed E-state index contributed by atoms with van der Waals surface area (Å²) in [6.07, 6.45) is 7.47. The lowest BCUT2D eigenvalue weighted by Gasteiger charge is -2.25. The van der Waals surface area contributed by atoms with Gasteiger partial charge in [0.2, 0.25) is 0 Å². The van der Waals surface area contributed by atoms with Crippen molar-refractivity contribution in [3.8, 4) is 0 Å². The van der Waals surface area contributed by atoms with Crippen molar-refractivity contribution in [1.29, 1.82) is 0 Å². The molecule has 1 fully saturated rings. The van der Waals surface area contributed by atoms with E-state index in [1.807, 2.05) is 0 Å². The van der Waals surface area contributed by atoms with Crippen LogP contribution < -0.4 is 0 Å². The zero-order valence-electron chi connectivity index (χ0n) is 8.89. The highest BCUT2D eigenvalue weighted by atomic mass is 32.1. The van der Waals surface area contributed by atoms with Gasteiger partial charge >= 0.3 is 0 Å². The van der Waals surface area contributed by atoms with Gasteiger partial charge in [-0.25, -0.2) is 0 Å². The molecule has 1 heterocycles. The Morgan fingerprint density at radius 3 is 3.00 bits per heavy atom. The van der Waals surface area contributed by atoms with Gasteiger partial charge in [-0.3, -0.25) is 4.90 Å². The monoisotopic (exact) mass is 215 g/mol. The third-order valence-corrected chi connectivity index (χ3v) is 3.44. The fraction of sp³-hybridized carbons (Fsp3) is 0.818. The van der Waals surface area contributed by atoms with Crippen LogP contribution in [0.15, 0.2) is 12.2 Å². The molecule has 1 N–H and O–H groups in total. The SMILES string of the molecule is C/C=C\CC1C(S)CCN1CCCO. The molecule has 1 aliphatic rings. The number of nitrogens with zero attached hydrogens (tertiary/aromatic N) is 1. The summed E-state index contributed by atoms with van der Waals surface area (Å²) in [5.41, 5.74) is 0. The molecule has 1 saturated heterocycles. The molecule has 0 spiro atoms. The fourth-order valence-corrected chi connectivity index (χ4v) is 2.46. The lowest BCUT2D eigenvalue weighted by Crippen LogP contribution is -2.34. The molecule has 0 radical (unpaired) electrons. The maximum atomic E-state index is 8.80. The van der Waals surface area contributed by atoms with Crippen molar-refractivity contribution in [2.75, 3.05) is 19.7 Å². The first-order valence-electron chi connectivity index (χ1n) is 5.43. The van der Waals surface area contributed by atoms with Crippen LogP contribution in [0.2, 0.25) is 0 Å². The molecule has 0 aromatic heterocycles. The van der Waals surface area contributed by atoms with Gasteiger partial charge in [-0.1, -0.05) is 12.2 Å². The average Bonchev–Trinajstić information content (AvgIpc) is 2.53. The summed E-state index contributed by atoms with van der Waals surface area (Å²) in [6, 6.07) is 0.570. The molecule has 0 bridgehead atoms. The van der Waals surface area contributed by atoms with Crippen molar-refractivity contribution in [1.82, 2.24) is 4.90 Å². The highest BCUT2D eigenvalue weighted by Crippen LogP contribution is 2.25. The Morgan fingerprint density at radius 1 is 1.57 bits per heavy atom. The molecule has 0 aliphatic carbocycles. The van der Waals surface area contributed by atoms with Gasteiger partial charge in [-0.15, -0.1) is 0 Å². The van der Waals surface area contributed by atoms with E-state index in [4.69, 9.17) is 5.11 Å². The molecule has 82 valence electrons. The Morgan fingerprint density at radius 2 is 2.36 bits per heavy atom. The van der Waals surface area contributed by atoms with Crippen molar-refractivity contribution in [3.05, 3.63) is 12.2 Å². The summed E-state index contributed by atoms with van der Waals surface area (Å²) in [5, 5.41) is 9.30. The van der Waals surface area contributed by atoms with Crippen LogP contribution in [0.1, 0.15) is 26.2 Å². The van der Waals surface area contributed by atoms with Crippen molar-refractivity contribution in [3.63, 3.8) is 0 Å². The van der Waals surface area contributed by atoms with E-state index in [-0.39, 0.29) is 0 Å². The van der Waals surface area contributed by atoms with Gasteiger partial charge < -0.3 is 5.11 Å². The molecular formula is C11H21NOS. The number of aliphatic hydroxyl groups is 1. The standard InChI is InChI=1S/C11H21NOS/c1-2-3-5-10-11(14)6-8-12(10)7-4-9-13/h2-3,10-11,13-14H,4-9H2,1H3/b3-2-. The van der Waals surface area contributed by atoms with E-state index in [0.717, 1.165) is 25.9 Å². The fourth-order valence-electron chi connectivity index (χ4n) is 2.03. The third kappa shape index (κ3) is 3.30. The van der Waals surface area contributed by atoms with Gasteiger partial charge in [-0.2, -0.15) is 12.6 Å². The van der Waals surface area contributed by atoms with Crippen molar-refractivity contribution in [2.24, 2.45) is 0 Å². The summed E-state index contributed by atoms with van der Waals surface area (Å²) in [7, 11) is 0. The minimum absolute atomic E-state index is 0.296. The Labute approximate surface area is 92.4 Å². The zero-order chi connectivity index (χ0) is 10.4. The van der Waals surface area contributed by atoms with Crippen LogP contribution in [0.5, 0.6) is 0 Å². The normalized spacial score (nSPS) is 29.1. The molecule has 0 amide bonds. The second kappa shape index (κ2) is 6.49. The lowest BCUT2D eigenvalue weighted by molar-refractivity contribution is 0.214. The maximum Gasteiger partial charge on any atom is 0.0443 e.